The van der Waals surface area contributed by atoms with Crippen LogP contribution in [-0.2, 0) is 0 Å². The number of nitrogens with zero attached hydrogens (tertiary/aromatic N) is 14. The maximum atomic E-state index is 5.45. The van der Waals surface area contributed by atoms with Crippen molar-refractivity contribution in [2.45, 2.75) is 191 Å². The summed E-state index contributed by atoms with van der Waals surface area (Å²) in [6.07, 6.45) is 19.8. The van der Waals surface area contributed by atoms with Crippen molar-refractivity contribution in [1.82, 2.24) is 95.0 Å². The highest BCUT2D eigenvalue weighted by molar-refractivity contribution is 6.07. The minimum Gasteiger partial charge on any atom is -0.361 e. The number of hydrogen-bond acceptors (Lipinski definition) is 18. The quantitative estimate of drug-likeness (QED) is 0.0637. The Bertz CT molecular complexity index is 8510. The molecule has 694 valence electrons. The van der Waals surface area contributed by atoms with Gasteiger partial charge in [-0.2, -0.15) is 0 Å². The fraction of sp³-hybridized carbons (Fsp3) is 0.250. The summed E-state index contributed by atoms with van der Waals surface area (Å²) in [7, 11) is 0. The highest BCUT2D eigenvalue weighted by Crippen LogP contribution is 2.50. The number of aromatic nitrogens is 19. The predicted octanol–water partition coefficient (Wildman–Crippen LogP) is 28.9. The summed E-state index contributed by atoms with van der Waals surface area (Å²) in [4.78, 5) is 56.6. The molecule has 24 nitrogen and oxygen atoms in total. The fourth-order valence-corrected chi connectivity index (χ4v) is 20.6. The van der Waals surface area contributed by atoms with Crippen molar-refractivity contribution in [3.8, 4) is 111 Å². The number of hydrogen-bond donors (Lipinski definition) is 5. The number of H-pyrrole nitrogens is 5. The highest BCUT2D eigenvalue weighted by atomic mass is 16.5. The van der Waals surface area contributed by atoms with E-state index in [0.717, 1.165) is 264 Å². The van der Waals surface area contributed by atoms with Gasteiger partial charge in [0.1, 0.15) is 63.6 Å². The van der Waals surface area contributed by atoms with E-state index in [0.29, 0.717) is 29.6 Å². The van der Waals surface area contributed by atoms with E-state index in [2.05, 4.69) is 237 Å². The molecule has 5 aliphatic rings. The van der Waals surface area contributed by atoms with Crippen molar-refractivity contribution in [2.75, 3.05) is 0 Å². The molecule has 28 rings (SSSR count). The SMILES string of the molecule is Cc1cc(C)cc(-c2cc(-c3c(C)noc3C)cc3[nH]c(C4CC4)nc23)c1.Cc1cccc(-c2cc(-c3c(C)noc3C)cc3[nH]c(C4CC4)nc23)c1C.Cc1noc(C)c1-c1cc(-c2cccc3cccnc23)c2nc(C3CC3)[nH]c2c1.Cc1noc(C)c1-c1cc(-c2cccc3ncccc23)c2nc(C3CC3)[nH]c2c1.Cc1noc(C)c1-c1cc(-c2cnc3ccccn23)c2nc(C3CC3)[nH]c2c1. The molecule has 0 saturated heterocycles. The van der Waals surface area contributed by atoms with Gasteiger partial charge >= 0.3 is 0 Å². The third kappa shape index (κ3) is 16.2. The van der Waals surface area contributed by atoms with Crippen molar-refractivity contribution in [3.05, 3.63) is 309 Å². The van der Waals surface area contributed by atoms with Crippen LogP contribution in [0.1, 0.15) is 202 Å². The number of pyridine rings is 3. The van der Waals surface area contributed by atoms with Gasteiger partial charge in [-0.05, 0) is 308 Å². The van der Waals surface area contributed by atoms with Gasteiger partial charge in [-0.1, -0.05) is 122 Å². The molecule has 0 radical (unpaired) electrons. The monoisotopic (exact) mass is 1840 g/mol. The topological polar surface area (TPSA) is 317 Å². The van der Waals surface area contributed by atoms with Gasteiger partial charge in [0.15, 0.2) is 0 Å². The number of imidazole rings is 6. The zero-order valence-corrected chi connectivity index (χ0v) is 80.8. The standard InChI is InChI=1S/2C24H20N4O.2C23H23N3O.C22H19N5O/c1-13-22(14(2)29-28-13)16-11-19(17-5-3-7-20-18(17)6-4-10-25-20)23-21(12-16)26-24(27-23)15-8-9-15;1-13-21(14(2)29-28-13)17-11-19(18-7-3-5-15-6-4-10-25-22(15)18)23-20(12-17)26-24(27-23)16-8-9-16;1-12-7-13(2)9-17(8-12)19-10-18(21-14(3)26-27-15(21)4)11-20-22(19)25-23(24-20)16-5-6-16;1-12-6-5-7-18(13(12)2)19-10-17(21-14(3)26-27-15(21)4)11-20-22(19)25-23(24-20)16-8-9-16;1-12-20(13(2)28-26-12)15-9-16(18-11-23-19-5-3-4-8-27(18)19)21-17(10-15)24-22(25-21)14-6-7-14/h3-7,10-12,15H,8-9H2,1-2H3,(H,26,27);3-7,10-12,16H,8-9H2,1-2H3,(H,26,27);7-11,16H,5-6H2,1-4H3,(H,24,25);5-7,10-11,16H,8-9H2,1-4H3,(H,24,25);3-5,8-11,14H,6-7H2,1-2H3,(H,24,25). The van der Waals surface area contributed by atoms with Crippen molar-refractivity contribution in [2.24, 2.45) is 0 Å². The second kappa shape index (κ2) is 34.5. The molecule has 0 aliphatic heterocycles. The van der Waals surface area contributed by atoms with Crippen LogP contribution in [-0.4, -0.2) is 95.0 Å². The number of para-hydroxylation sites is 1. The molecule has 14 aromatic heterocycles. The first kappa shape index (κ1) is 86.7. The van der Waals surface area contributed by atoms with Crippen LogP contribution in [0.4, 0.5) is 0 Å². The third-order valence-electron chi connectivity index (χ3n) is 28.4. The van der Waals surface area contributed by atoms with Gasteiger partial charge in [0.25, 0.3) is 0 Å². The maximum Gasteiger partial charge on any atom is 0.141 e. The lowest BCUT2D eigenvalue weighted by molar-refractivity contribution is 0.393. The molecule has 23 aromatic rings. The Kier molecular flexibility index (Phi) is 21.4. The molecule has 0 spiro atoms. The van der Waals surface area contributed by atoms with Crippen LogP contribution in [0.15, 0.2) is 223 Å². The second-order valence-corrected chi connectivity index (χ2v) is 39.0. The van der Waals surface area contributed by atoms with Crippen LogP contribution in [0.25, 0.3) is 194 Å². The van der Waals surface area contributed by atoms with E-state index in [9.17, 15) is 0 Å². The molecular formula is C116H105N19O5. The lowest BCUT2D eigenvalue weighted by Crippen LogP contribution is -1.91. The molecule has 5 aliphatic carbocycles. The van der Waals surface area contributed by atoms with E-state index in [1.165, 1.54) is 103 Å². The molecule has 14 heterocycles. The first-order valence-corrected chi connectivity index (χ1v) is 48.7. The van der Waals surface area contributed by atoms with Gasteiger partial charge in [0.05, 0.1) is 107 Å². The molecule has 24 heteroatoms. The zero-order valence-electron chi connectivity index (χ0n) is 80.8. The molecule has 9 aromatic carbocycles. The molecule has 0 unspecified atom stereocenters. The average molecular weight is 1850 g/mol. The van der Waals surface area contributed by atoms with E-state index in [1.54, 1.807) is 0 Å². The van der Waals surface area contributed by atoms with Gasteiger partial charge in [-0.15, -0.1) is 0 Å². The molecular weight excluding hydrogens is 1740 g/mol. The highest BCUT2D eigenvalue weighted by Gasteiger charge is 2.35. The maximum absolute atomic E-state index is 5.45. The van der Waals surface area contributed by atoms with Gasteiger partial charge in [-0.25, -0.2) is 29.9 Å². The Hall–Kier alpha value is -16.1. The summed E-state index contributed by atoms with van der Waals surface area (Å²) >= 11 is 0. The predicted molar refractivity (Wildman–Crippen MR) is 551 cm³/mol. The summed E-state index contributed by atoms with van der Waals surface area (Å²) in [6, 6.07) is 61.9. The number of fused-ring (bicyclic) bond motifs is 8. The van der Waals surface area contributed by atoms with Crippen LogP contribution >= 0.6 is 0 Å². The van der Waals surface area contributed by atoms with Gasteiger partial charge in [0, 0.05) is 120 Å². The number of nitrogens with one attached hydrogen (secondary N) is 5. The summed E-state index contributed by atoms with van der Waals surface area (Å²) in [5.74, 6) is 12.5. The van der Waals surface area contributed by atoms with E-state index in [1.807, 2.05) is 130 Å². The molecule has 0 atom stereocenters. The van der Waals surface area contributed by atoms with E-state index >= 15 is 0 Å². The van der Waals surface area contributed by atoms with Crippen LogP contribution < -0.4 is 0 Å². The minimum absolute atomic E-state index is 0.559. The van der Waals surface area contributed by atoms with E-state index in [-0.39, 0.29) is 0 Å². The van der Waals surface area contributed by atoms with Crippen LogP contribution in [0, 0.1) is 96.9 Å². The Balaban J connectivity index is 0.0000000949. The van der Waals surface area contributed by atoms with Crippen LogP contribution in [0.3, 0.4) is 0 Å². The Morgan fingerprint density at radius 1 is 0.286 bits per heavy atom. The number of rotatable bonds is 15. The summed E-state index contributed by atoms with van der Waals surface area (Å²) < 4.78 is 29.3. The van der Waals surface area contributed by atoms with E-state index in [4.69, 9.17) is 47.5 Å². The molecule has 140 heavy (non-hydrogen) atoms. The normalized spacial score (nSPS) is 14.2. The van der Waals surface area contributed by atoms with Gasteiger partial charge < -0.3 is 47.5 Å². The van der Waals surface area contributed by atoms with Gasteiger partial charge in [-0.3, -0.25) is 14.4 Å². The molecule has 5 fully saturated rings. The third-order valence-corrected chi connectivity index (χ3v) is 28.4. The number of aryl methyl sites for hydroxylation is 13. The van der Waals surface area contributed by atoms with Crippen molar-refractivity contribution < 1.29 is 22.6 Å². The largest absolute Gasteiger partial charge is 0.361 e. The smallest absolute Gasteiger partial charge is 0.141 e. The molecule has 5 N–H and O–H groups in total. The fourth-order valence-electron chi connectivity index (χ4n) is 20.6. The minimum atomic E-state index is 0.559. The average Bonchev–Trinajstić information content (AvgIpc) is 1.53. The Labute approximate surface area is 806 Å². The van der Waals surface area contributed by atoms with Crippen LogP contribution in [0.5, 0.6) is 0 Å². The first-order chi connectivity index (χ1) is 68.1. The second-order valence-electron chi connectivity index (χ2n) is 39.0. The summed E-state index contributed by atoms with van der Waals surface area (Å²) in [6.45, 7) is 28.4. The van der Waals surface area contributed by atoms with Gasteiger partial charge in [0.2, 0.25) is 0 Å². The van der Waals surface area contributed by atoms with Crippen molar-refractivity contribution >= 4 is 82.6 Å². The zero-order chi connectivity index (χ0) is 95.3. The molecule has 0 bridgehead atoms. The lowest BCUT2D eigenvalue weighted by Gasteiger charge is -2.11. The lowest BCUT2D eigenvalue weighted by atomic mass is 9.93. The van der Waals surface area contributed by atoms with E-state index < -0.39 is 0 Å². The van der Waals surface area contributed by atoms with Crippen molar-refractivity contribution in [1.29, 1.82) is 0 Å². The Morgan fingerprint density at radius 2 is 0.643 bits per heavy atom. The Morgan fingerprint density at radius 3 is 1.07 bits per heavy atom. The number of aromatic amines is 5. The first-order valence-electron chi connectivity index (χ1n) is 48.7. The molecule has 5 saturated carbocycles. The van der Waals surface area contributed by atoms with Crippen LogP contribution in [0.2, 0.25) is 0 Å². The summed E-state index contributed by atoms with van der Waals surface area (Å²) in [5, 5.41) is 23.0. The number of benzene rings is 9. The van der Waals surface area contributed by atoms with Crippen molar-refractivity contribution in [3.63, 3.8) is 0 Å². The summed E-state index contributed by atoms with van der Waals surface area (Å²) in [5.41, 5.74) is 45.1. The molecule has 0 amide bonds.